The first kappa shape index (κ1) is 15.4. The maximum atomic E-state index is 12.3. The molecule has 0 spiro atoms. The Labute approximate surface area is 140 Å². The molecule has 7 heteroatoms. The molecule has 0 N–H and O–H groups in total. The van der Waals surface area contributed by atoms with E-state index in [0.29, 0.717) is 10.6 Å². The molecule has 0 saturated carbocycles. The van der Waals surface area contributed by atoms with Crippen molar-refractivity contribution in [3.63, 3.8) is 0 Å². The van der Waals surface area contributed by atoms with Gasteiger partial charge >= 0.3 is 0 Å². The summed E-state index contributed by atoms with van der Waals surface area (Å²) in [7, 11) is 10.8. The van der Waals surface area contributed by atoms with E-state index in [1.54, 1.807) is 12.1 Å². The van der Waals surface area contributed by atoms with Gasteiger partial charge in [0.15, 0.2) is 5.78 Å². The second-order valence-electron chi connectivity index (χ2n) is 6.11. The van der Waals surface area contributed by atoms with Gasteiger partial charge in [0.2, 0.25) is 0 Å². The number of carbonyl (C=O) groups is 1. The van der Waals surface area contributed by atoms with Crippen LogP contribution in [0.25, 0.3) is 5.57 Å². The molecule has 1 nitrogen and oxygen atoms in total. The van der Waals surface area contributed by atoms with E-state index >= 15 is 0 Å². The van der Waals surface area contributed by atoms with Gasteiger partial charge in [-0.15, -0.1) is 16.4 Å². The molecule has 0 aromatic heterocycles. The smallest absolute Gasteiger partial charge is 0.187 e. The van der Waals surface area contributed by atoms with Crippen LogP contribution in [-0.2, 0) is 0 Å². The van der Waals surface area contributed by atoms with Crippen molar-refractivity contribution in [3.8, 4) is 0 Å². The predicted octanol–water partition coefficient (Wildman–Crippen LogP) is -4.74. The molecule has 0 unspecified atom stereocenters. The van der Waals surface area contributed by atoms with Crippen LogP contribution in [0.15, 0.2) is 24.3 Å². The van der Waals surface area contributed by atoms with Gasteiger partial charge in [0.05, 0.1) is 0 Å². The van der Waals surface area contributed by atoms with Crippen molar-refractivity contribution in [2.24, 2.45) is 0 Å². The number of hydrogen-bond acceptors (Lipinski definition) is 1. The molecule has 0 aliphatic heterocycles. The average molecular weight is 300 g/mol. The van der Waals surface area contributed by atoms with Crippen molar-refractivity contribution in [2.75, 3.05) is 0 Å². The third-order valence-corrected chi connectivity index (χ3v) is 5.32. The van der Waals surface area contributed by atoms with Crippen LogP contribution < -0.4 is 27.3 Å². The van der Waals surface area contributed by atoms with Gasteiger partial charge in [-0.2, -0.15) is 0 Å². The summed E-state index contributed by atoms with van der Waals surface area (Å²) < 4.78 is 0. The fourth-order valence-electron chi connectivity index (χ4n) is 3.35. The number of allylic oxidation sites excluding steroid dienone is 1. The summed E-state index contributed by atoms with van der Waals surface area (Å²) >= 11 is 6.04. The highest BCUT2D eigenvalue weighted by atomic mass is 35.5. The van der Waals surface area contributed by atoms with Gasteiger partial charge in [-0.1, -0.05) is 28.6 Å². The molecule has 0 bridgehead atoms. The summed E-state index contributed by atoms with van der Waals surface area (Å²) in [5.74, 6) is 0.0437. The second-order valence-corrected chi connectivity index (χ2v) is 6.55. The van der Waals surface area contributed by atoms with Crippen LogP contribution in [0.2, 0.25) is 5.02 Å². The van der Waals surface area contributed by atoms with Crippen LogP contribution in [0.4, 0.5) is 0 Å². The minimum atomic E-state index is 0.0437. The lowest BCUT2D eigenvalue weighted by atomic mass is 9.59. The maximum Gasteiger partial charge on any atom is 0.187 e. The van der Waals surface area contributed by atoms with E-state index in [9.17, 15) is 4.79 Å². The zero-order valence-electron chi connectivity index (χ0n) is 13.6. The number of hydrogen-bond donors (Lipinski definition) is 0. The molecule has 2 aromatic carbocycles. The molecule has 0 heterocycles. The molecule has 1 aliphatic rings. The van der Waals surface area contributed by atoms with E-state index in [0.717, 1.165) is 11.1 Å². The van der Waals surface area contributed by atoms with Crippen LogP contribution in [-0.4, -0.2) is 45.0 Å². The Morgan fingerprint density at radius 1 is 0.773 bits per heavy atom. The topological polar surface area (TPSA) is 17.1 Å². The highest BCUT2D eigenvalue weighted by molar-refractivity contribution is 6.68. The average Bonchev–Trinajstić information content (AvgIpc) is 2.80. The summed E-state index contributed by atoms with van der Waals surface area (Å²) in [4.78, 5) is 12.3. The molecule has 0 fully saturated rings. The fraction of sp³-hybridized carbons (Fsp3) is 0. The van der Waals surface area contributed by atoms with Gasteiger partial charge < -0.3 is 0 Å². The third-order valence-electron chi connectivity index (χ3n) is 5.08. The van der Waals surface area contributed by atoms with Crippen molar-refractivity contribution in [1.82, 2.24) is 0 Å². The summed E-state index contributed by atoms with van der Waals surface area (Å²) in [6, 6.07) is 5.57. The maximum absolute atomic E-state index is 12.3. The third kappa shape index (κ3) is 2.13. The Kier molecular flexibility index (Phi) is 3.68. The van der Waals surface area contributed by atoms with Crippen LogP contribution in [0.5, 0.6) is 0 Å². The number of rotatable bonds is 1. The van der Waals surface area contributed by atoms with E-state index < -0.39 is 0 Å². The van der Waals surface area contributed by atoms with Crippen LogP contribution in [0.1, 0.15) is 21.5 Å². The fourth-order valence-corrected chi connectivity index (χ4v) is 3.52. The molecule has 22 heavy (non-hydrogen) atoms. The summed E-state index contributed by atoms with van der Waals surface area (Å²) in [6.45, 7) is 0. The lowest BCUT2D eigenvalue weighted by molar-refractivity contribution is 0.105. The summed E-state index contributed by atoms with van der Waals surface area (Å²) in [5.41, 5.74) is 10.3. The first-order valence-corrected chi connectivity index (χ1v) is 7.84. The minimum absolute atomic E-state index is 0.0437. The largest absolute Gasteiger partial charge is 0.289 e. The zero-order valence-corrected chi connectivity index (χ0v) is 14.4. The van der Waals surface area contributed by atoms with Crippen molar-refractivity contribution >= 4 is 89.5 Å². The van der Waals surface area contributed by atoms with Crippen molar-refractivity contribution in [1.29, 1.82) is 0 Å². The predicted molar refractivity (Wildman–Crippen MR) is 110 cm³/mol. The lowest BCUT2D eigenvalue weighted by Gasteiger charge is -2.21. The van der Waals surface area contributed by atoms with E-state index in [1.165, 1.54) is 32.9 Å². The van der Waals surface area contributed by atoms with Crippen molar-refractivity contribution in [3.05, 3.63) is 46.0 Å². The Morgan fingerprint density at radius 3 is 1.91 bits per heavy atom. The van der Waals surface area contributed by atoms with Crippen molar-refractivity contribution in [2.45, 2.75) is 0 Å². The molecule has 0 radical (unpaired) electrons. The normalized spacial score (nSPS) is 13.1. The number of benzene rings is 2. The highest BCUT2D eigenvalue weighted by Crippen LogP contribution is 2.32. The molecule has 0 amide bonds. The van der Waals surface area contributed by atoms with E-state index in [-0.39, 0.29) is 5.78 Å². The Bertz CT molecular complexity index is 844. The Balaban J connectivity index is 2.32. The van der Waals surface area contributed by atoms with Gasteiger partial charge in [0.1, 0.15) is 39.2 Å². The first-order chi connectivity index (χ1) is 10.3. The molecule has 102 valence electrons. The van der Waals surface area contributed by atoms with Gasteiger partial charge in [-0.3, -0.25) is 4.79 Å². The number of fused-ring (bicyclic) bond motifs is 1. The molecule has 0 atom stereocenters. The standard InChI is InChI=1S/C15H14B5ClO/c16-11-10(12(17)14(19)15(20)13(11)18)8-4-9(22)7-3-5(21)1-2-6(7)8/h1-4H,16-20H2. The van der Waals surface area contributed by atoms with Gasteiger partial charge in [-0.05, 0) is 34.9 Å². The van der Waals surface area contributed by atoms with E-state index in [1.807, 2.05) is 12.1 Å². The highest BCUT2D eigenvalue weighted by Gasteiger charge is 2.25. The SMILES string of the molecule is Bc1c(B)c(B)c(C2=CC(=O)c3cc(Cl)ccc32)c(B)c1B. The minimum Gasteiger partial charge on any atom is -0.289 e. The monoisotopic (exact) mass is 300 g/mol. The quantitative estimate of drug-likeness (QED) is 0.484. The molecule has 1 aliphatic carbocycles. The number of halogens is 1. The van der Waals surface area contributed by atoms with E-state index in [4.69, 9.17) is 11.6 Å². The van der Waals surface area contributed by atoms with Crippen molar-refractivity contribution < 1.29 is 4.79 Å². The molecular weight excluding hydrogens is 286 g/mol. The number of carbonyl (C=O) groups excluding carboxylic acids is 1. The molecule has 2 aromatic rings. The summed E-state index contributed by atoms with van der Waals surface area (Å²) in [6.07, 6.45) is 1.75. The Hall–Kier alpha value is -1.54. The zero-order chi connectivity index (χ0) is 16.2. The number of ketones is 1. The van der Waals surface area contributed by atoms with Crippen LogP contribution >= 0.6 is 11.6 Å². The molecule has 0 saturated heterocycles. The first-order valence-electron chi connectivity index (χ1n) is 7.46. The summed E-state index contributed by atoms with van der Waals surface area (Å²) in [5, 5.41) is 0.603. The molecular formula is C15H14B5ClO. The second kappa shape index (κ2) is 5.28. The molecule has 3 rings (SSSR count). The lowest BCUT2D eigenvalue weighted by Crippen LogP contribution is -2.56. The van der Waals surface area contributed by atoms with Crippen LogP contribution in [0, 0.1) is 0 Å². The van der Waals surface area contributed by atoms with Gasteiger partial charge in [-0.25, -0.2) is 0 Å². The van der Waals surface area contributed by atoms with Crippen LogP contribution in [0.3, 0.4) is 0 Å². The van der Waals surface area contributed by atoms with Gasteiger partial charge in [0.25, 0.3) is 0 Å². The van der Waals surface area contributed by atoms with Gasteiger partial charge in [0, 0.05) is 10.6 Å². The van der Waals surface area contributed by atoms with E-state index in [2.05, 4.69) is 39.2 Å². The Morgan fingerprint density at radius 2 is 1.32 bits per heavy atom.